The molecule has 2 saturated heterocycles. The van der Waals surface area contributed by atoms with E-state index in [0.29, 0.717) is 0 Å². The van der Waals surface area contributed by atoms with Crippen molar-refractivity contribution in [1.29, 1.82) is 0 Å². The van der Waals surface area contributed by atoms with Crippen molar-refractivity contribution < 1.29 is 0 Å². The Morgan fingerprint density at radius 2 is 2.36 bits per heavy atom. The lowest BCUT2D eigenvalue weighted by Crippen LogP contribution is -2.41. The van der Waals surface area contributed by atoms with Gasteiger partial charge in [0.1, 0.15) is 0 Å². The van der Waals surface area contributed by atoms with Crippen LogP contribution < -0.4 is 5.73 Å². The third-order valence-corrected chi connectivity index (χ3v) is 4.85. The molecule has 2 aliphatic rings. The molecule has 0 radical (unpaired) electrons. The Morgan fingerprint density at radius 1 is 1.50 bits per heavy atom. The molecule has 0 aromatic rings. The monoisotopic (exact) mass is 214 g/mol. The second kappa shape index (κ2) is 4.86. The van der Waals surface area contributed by atoms with E-state index in [1.54, 1.807) is 0 Å². The van der Waals surface area contributed by atoms with Crippen molar-refractivity contribution in [2.75, 3.05) is 24.6 Å². The molecule has 3 atom stereocenters. The molecule has 2 nitrogen and oxygen atoms in total. The SMILES string of the molecule is CC1CC(CN)CN1C1CCCSC1. The fourth-order valence-electron chi connectivity index (χ4n) is 2.84. The fraction of sp³-hybridized carbons (Fsp3) is 1.00. The van der Waals surface area contributed by atoms with Crippen LogP contribution in [0.1, 0.15) is 26.2 Å². The minimum atomic E-state index is 0.761. The third-order valence-electron chi connectivity index (χ3n) is 3.65. The van der Waals surface area contributed by atoms with Gasteiger partial charge in [0.25, 0.3) is 0 Å². The summed E-state index contributed by atoms with van der Waals surface area (Å²) < 4.78 is 0. The van der Waals surface area contributed by atoms with Gasteiger partial charge in [-0.2, -0.15) is 11.8 Å². The average molecular weight is 214 g/mol. The van der Waals surface area contributed by atoms with E-state index in [0.717, 1.165) is 24.5 Å². The molecule has 3 unspecified atom stereocenters. The van der Waals surface area contributed by atoms with Crippen molar-refractivity contribution in [1.82, 2.24) is 4.90 Å². The number of hydrogen-bond donors (Lipinski definition) is 1. The summed E-state index contributed by atoms with van der Waals surface area (Å²) in [5.41, 5.74) is 5.76. The molecule has 0 aromatic carbocycles. The highest BCUT2D eigenvalue weighted by Crippen LogP contribution is 2.30. The molecule has 2 rings (SSSR count). The summed E-state index contributed by atoms with van der Waals surface area (Å²) in [6.45, 7) is 4.50. The van der Waals surface area contributed by atoms with E-state index >= 15 is 0 Å². The number of hydrogen-bond acceptors (Lipinski definition) is 3. The van der Waals surface area contributed by atoms with Gasteiger partial charge in [-0.3, -0.25) is 4.90 Å². The van der Waals surface area contributed by atoms with E-state index in [4.69, 9.17) is 5.73 Å². The van der Waals surface area contributed by atoms with Crippen molar-refractivity contribution in [2.24, 2.45) is 11.7 Å². The van der Waals surface area contributed by atoms with Gasteiger partial charge >= 0.3 is 0 Å². The van der Waals surface area contributed by atoms with E-state index in [2.05, 4.69) is 23.6 Å². The van der Waals surface area contributed by atoms with E-state index < -0.39 is 0 Å². The van der Waals surface area contributed by atoms with E-state index in [1.165, 1.54) is 37.3 Å². The van der Waals surface area contributed by atoms with Crippen LogP contribution in [0.15, 0.2) is 0 Å². The predicted octanol–water partition coefficient (Wildman–Crippen LogP) is 1.55. The molecular formula is C11H22N2S. The maximum atomic E-state index is 5.76. The van der Waals surface area contributed by atoms with Gasteiger partial charge in [0, 0.05) is 24.4 Å². The highest BCUT2D eigenvalue weighted by atomic mass is 32.2. The van der Waals surface area contributed by atoms with Gasteiger partial charge in [0.05, 0.1) is 0 Å². The number of nitrogens with zero attached hydrogens (tertiary/aromatic N) is 1. The number of thioether (sulfide) groups is 1. The Hall–Kier alpha value is 0.270. The molecule has 2 heterocycles. The van der Waals surface area contributed by atoms with Crippen LogP contribution in [0.2, 0.25) is 0 Å². The molecule has 0 bridgehead atoms. The Kier molecular flexibility index (Phi) is 3.74. The summed E-state index contributed by atoms with van der Waals surface area (Å²) in [5.74, 6) is 3.48. The van der Waals surface area contributed by atoms with Gasteiger partial charge in [-0.25, -0.2) is 0 Å². The lowest BCUT2D eigenvalue weighted by atomic mass is 10.1. The van der Waals surface area contributed by atoms with Crippen LogP contribution in [0.3, 0.4) is 0 Å². The first-order valence-electron chi connectivity index (χ1n) is 5.85. The minimum absolute atomic E-state index is 0.761. The molecule has 2 N–H and O–H groups in total. The van der Waals surface area contributed by atoms with Crippen molar-refractivity contribution in [3.05, 3.63) is 0 Å². The number of nitrogens with two attached hydrogens (primary N) is 1. The van der Waals surface area contributed by atoms with Gasteiger partial charge in [0.2, 0.25) is 0 Å². The van der Waals surface area contributed by atoms with Crippen LogP contribution in [0.25, 0.3) is 0 Å². The van der Waals surface area contributed by atoms with Crippen molar-refractivity contribution in [2.45, 2.75) is 38.3 Å². The Bertz CT molecular complexity index is 180. The maximum absolute atomic E-state index is 5.76. The summed E-state index contributed by atoms with van der Waals surface area (Å²) in [5, 5.41) is 0. The second-order valence-corrected chi connectivity index (χ2v) is 5.90. The predicted molar refractivity (Wildman–Crippen MR) is 63.7 cm³/mol. The standard InChI is InChI=1S/C11H22N2S/c1-9-5-10(6-12)7-13(9)11-3-2-4-14-8-11/h9-11H,2-8,12H2,1H3. The van der Waals surface area contributed by atoms with Crippen molar-refractivity contribution >= 4 is 11.8 Å². The largest absolute Gasteiger partial charge is 0.330 e. The first kappa shape index (κ1) is 10.8. The molecule has 0 aromatic heterocycles. The van der Waals surface area contributed by atoms with Gasteiger partial charge < -0.3 is 5.73 Å². The number of likely N-dealkylation sites (tertiary alicyclic amines) is 1. The van der Waals surface area contributed by atoms with Gasteiger partial charge in [-0.15, -0.1) is 0 Å². The summed E-state index contributed by atoms with van der Waals surface area (Å²) in [4.78, 5) is 2.71. The van der Waals surface area contributed by atoms with Crippen LogP contribution in [-0.4, -0.2) is 41.6 Å². The van der Waals surface area contributed by atoms with Crippen LogP contribution in [0.4, 0.5) is 0 Å². The molecule has 14 heavy (non-hydrogen) atoms. The molecule has 0 amide bonds. The Morgan fingerprint density at radius 3 is 2.93 bits per heavy atom. The van der Waals surface area contributed by atoms with Crippen LogP contribution in [-0.2, 0) is 0 Å². The van der Waals surface area contributed by atoms with Gasteiger partial charge in [-0.05, 0) is 44.4 Å². The zero-order chi connectivity index (χ0) is 9.97. The number of rotatable bonds is 2. The van der Waals surface area contributed by atoms with Crippen LogP contribution in [0.5, 0.6) is 0 Å². The summed E-state index contributed by atoms with van der Waals surface area (Å²) >= 11 is 2.13. The average Bonchev–Trinajstić information content (AvgIpc) is 2.61. The fourth-order valence-corrected chi connectivity index (χ4v) is 4.00. The Labute approximate surface area is 91.6 Å². The lowest BCUT2D eigenvalue weighted by molar-refractivity contribution is 0.190. The third kappa shape index (κ3) is 2.26. The highest BCUT2D eigenvalue weighted by molar-refractivity contribution is 7.99. The topological polar surface area (TPSA) is 29.3 Å². The molecule has 0 spiro atoms. The summed E-state index contributed by atoms with van der Waals surface area (Å²) in [6, 6.07) is 1.62. The smallest absolute Gasteiger partial charge is 0.0189 e. The zero-order valence-electron chi connectivity index (χ0n) is 9.11. The highest BCUT2D eigenvalue weighted by Gasteiger charge is 2.33. The lowest BCUT2D eigenvalue weighted by Gasteiger charge is -2.33. The molecule has 3 heteroatoms. The normalized spacial score (nSPS) is 40.3. The summed E-state index contributed by atoms with van der Waals surface area (Å²) in [7, 11) is 0. The molecule has 0 saturated carbocycles. The first-order valence-corrected chi connectivity index (χ1v) is 7.00. The molecule has 2 aliphatic heterocycles. The van der Waals surface area contributed by atoms with Crippen LogP contribution in [0, 0.1) is 5.92 Å². The molecule has 0 aliphatic carbocycles. The first-order chi connectivity index (χ1) is 6.81. The molecule has 2 fully saturated rings. The zero-order valence-corrected chi connectivity index (χ0v) is 9.93. The van der Waals surface area contributed by atoms with Crippen molar-refractivity contribution in [3.8, 4) is 0 Å². The van der Waals surface area contributed by atoms with Crippen LogP contribution >= 0.6 is 11.8 Å². The quantitative estimate of drug-likeness (QED) is 0.756. The van der Waals surface area contributed by atoms with Gasteiger partial charge in [-0.1, -0.05) is 0 Å². The van der Waals surface area contributed by atoms with Crippen molar-refractivity contribution in [3.63, 3.8) is 0 Å². The van der Waals surface area contributed by atoms with Gasteiger partial charge in [0.15, 0.2) is 0 Å². The summed E-state index contributed by atoms with van der Waals surface area (Å²) in [6.07, 6.45) is 4.14. The molecule has 82 valence electrons. The minimum Gasteiger partial charge on any atom is -0.330 e. The Balaban J connectivity index is 1.90. The maximum Gasteiger partial charge on any atom is 0.0189 e. The molecular weight excluding hydrogens is 192 g/mol. The van der Waals surface area contributed by atoms with E-state index in [-0.39, 0.29) is 0 Å². The van der Waals surface area contributed by atoms with E-state index in [1.807, 2.05) is 0 Å². The second-order valence-electron chi connectivity index (χ2n) is 4.75. The van der Waals surface area contributed by atoms with E-state index in [9.17, 15) is 0 Å².